The normalized spacial score (nSPS) is 17.7. The molecule has 0 aliphatic carbocycles. The highest BCUT2D eigenvalue weighted by molar-refractivity contribution is 5.92. The Bertz CT molecular complexity index is 328. The van der Waals surface area contributed by atoms with Crippen LogP contribution < -0.4 is 5.32 Å². The molecular formula is C11H18N4O. The Hall–Kier alpha value is -1.36. The van der Waals surface area contributed by atoms with Crippen molar-refractivity contribution in [2.24, 2.45) is 5.92 Å². The molecule has 1 aliphatic heterocycles. The molecule has 5 heteroatoms. The van der Waals surface area contributed by atoms with Gasteiger partial charge in [0.25, 0.3) is 5.91 Å². The van der Waals surface area contributed by atoms with Crippen LogP contribution in [0.15, 0.2) is 12.5 Å². The summed E-state index contributed by atoms with van der Waals surface area (Å²) in [5.41, 5.74) is 0.590. The number of hydrogen-bond acceptors (Lipinski definition) is 3. The van der Waals surface area contributed by atoms with Crippen molar-refractivity contribution in [3.05, 3.63) is 18.2 Å². The molecule has 1 saturated heterocycles. The van der Waals surface area contributed by atoms with Crippen LogP contribution in [0.5, 0.6) is 0 Å². The van der Waals surface area contributed by atoms with E-state index in [1.807, 2.05) is 11.9 Å². The summed E-state index contributed by atoms with van der Waals surface area (Å²) in [7, 11) is 1.97. The van der Waals surface area contributed by atoms with E-state index >= 15 is 0 Å². The maximum atomic E-state index is 12.0. The Kier molecular flexibility index (Phi) is 3.56. The predicted molar refractivity (Wildman–Crippen MR) is 61.1 cm³/mol. The molecule has 0 saturated carbocycles. The molecule has 0 unspecified atom stereocenters. The summed E-state index contributed by atoms with van der Waals surface area (Å²) in [5.74, 6) is 0.774. The van der Waals surface area contributed by atoms with Gasteiger partial charge in [-0.1, -0.05) is 0 Å². The molecule has 88 valence electrons. The highest BCUT2D eigenvalue weighted by atomic mass is 16.2. The van der Waals surface area contributed by atoms with Gasteiger partial charge in [-0.05, 0) is 32.4 Å². The number of carbonyl (C=O) groups is 1. The van der Waals surface area contributed by atoms with E-state index in [9.17, 15) is 4.79 Å². The number of nitrogens with one attached hydrogen (secondary N) is 2. The van der Waals surface area contributed by atoms with Crippen molar-refractivity contribution in [1.82, 2.24) is 20.2 Å². The van der Waals surface area contributed by atoms with Gasteiger partial charge in [0, 0.05) is 13.1 Å². The number of imidazole rings is 1. The Balaban J connectivity index is 1.87. The summed E-state index contributed by atoms with van der Waals surface area (Å²) in [6, 6.07) is 0. The first-order valence-electron chi connectivity index (χ1n) is 5.73. The molecule has 2 rings (SSSR count). The van der Waals surface area contributed by atoms with Gasteiger partial charge in [0.05, 0.1) is 12.5 Å². The minimum absolute atomic E-state index is 0.0698. The maximum Gasteiger partial charge on any atom is 0.271 e. The van der Waals surface area contributed by atoms with E-state index in [-0.39, 0.29) is 5.91 Å². The highest BCUT2D eigenvalue weighted by Crippen LogP contribution is 2.17. The van der Waals surface area contributed by atoms with Crippen LogP contribution in [-0.2, 0) is 0 Å². The average Bonchev–Trinajstić information content (AvgIpc) is 2.83. The summed E-state index contributed by atoms with van der Waals surface area (Å²) in [6.07, 6.45) is 5.30. The molecule has 0 atom stereocenters. The molecule has 1 aromatic rings. The van der Waals surface area contributed by atoms with Gasteiger partial charge in [0.15, 0.2) is 0 Å². The first-order valence-corrected chi connectivity index (χ1v) is 5.73. The van der Waals surface area contributed by atoms with Gasteiger partial charge in [0.1, 0.15) is 5.69 Å². The first kappa shape index (κ1) is 11.1. The lowest BCUT2D eigenvalue weighted by molar-refractivity contribution is 0.0685. The van der Waals surface area contributed by atoms with Crippen LogP contribution >= 0.6 is 0 Å². The number of likely N-dealkylation sites (tertiary alicyclic amines) is 1. The maximum absolute atomic E-state index is 12.0. The summed E-state index contributed by atoms with van der Waals surface area (Å²) in [4.78, 5) is 20.6. The molecule has 1 amide bonds. The van der Waals surface area contributed by atoms with Crippen LogP contribution in [0.2, 0.25) is 0 Å². The zero-order valence-corrected chi connectivity index (χ0v) is 9.57. The van der Waals surface area contributed by atoms with E-state index in [2.05, 4.69) is 15.3 Å². The monoisotopic (exact) mass is 222 g/mol. The Morgan fingerprint density at radius 2 is 2.38 bits per heavy atom. The standard InChI is InChI=1S/C11H18N4O/c1-12-6-9-2-4-15(5-3-9)11(16)10-7-13-8-14-10/h7-9,12H,2-6H2,1H3,(H,13,14). The fraction of sp³-hybridized carbons (Fsp3) is 0.636. The SMILES string of the molecule is CNCC1CCN(C(=O)c2cnc[nH]2)CC1. The topological polar surface area (TPSA) is 61.0 Å². The second kappa shape index (κ2) is 5.12. The van der Waals surface area contributed by atoms with Crippen molar-refractivity contribution >= 4 is 5.91 Å². The van der Waals surface area contributed by atoms with Crippen molar-refractivity contribution < 1.29 is 4.79 Å². The van der Waals surface area contributed by atoms with Crippen LogP contribution in [-0.4, -0.2) is 47.5 Å². The van der Waals surface area contributed by atoms with E-state index in [0.717, 1.165) is 32.5 Å². The molecule has 0 aromatic carbocycles. The van der Waals surface area contributed by atoms with Gasteiger partial charge in [-0.25, -0.2) is 4.98 Å². The molecule has 1 fully saturated rings. The zero-order chi connectivity index (χ0) is 11.4. The number of nitrogens with zero attached hydrogens (tertiary/aromatic N) is 2. The molecule has 16 heavy (non-hydrogen) atoms. The molecule has 1 aliphatic rings. The Labute approximate surface area is 95.2 Å². The summed E-state index contributed by atoms with van der Waals surface area (Å²) >= 11 is 0. The van der Waals surface area contributed by atoms with Crippen LogP contribution in [0.25, 0.3) is 0 Å². The average molecular weight is 222 g/mol. The van der Waals surface area contributed by atoms with Gasteiger partial charge in [0.2, 0.25) is 0 Å². The molecule has 0 spiro atoms. The van der Waals surface area contributed by atoms with E-state index in [1.165, 1.54) is 0 Å². The fourth-order valence-corrected chi connectivity index (χ4v) is 2.17. The lowest BCUT2D eigenvalue weighted by Crippen LogP contribution is -2.40. The number of piperidine rings is 1. The first-order chi connectivity index (χ1) is 7.81. The van der Waals surface area contributed by atoms with Gasteiger partial charge >= 0.3 is 0 Å². The summed E-state index contributed by atoms with van der Waals surface area (Å²) in [5, 5.41) is 3.19. The second-order valence-electron chi connectivity index (χ2n) is 4.26. The third-order valence-corrected chi connectivity index (χ3v) is 3.12. The van der Waals surface area contributed by atoms with E-state index in [0.29, 0.717) is 11.6 Å². The molecule has 5 nitrogen and oxygen atoms in total. The molecule has 2 heterocycles. The minimum atomic E-state index is 0.0698. The number of amides is 1. The molecular weight excluding hydrogens is 204 g/mol. The third kappa shape index (κ3) is 2.41. The van der Waals surface area contributed by atoms with E-state index < -0.39 is 0 Å². The number of aromatic nitrogens is 2. The van der Waals surface area contributed by atoms with Gasteiger partial charge in [-0.15, -0.1) is 0 Å². The van der Waals surface area contributed by atoms with Crippen molar-refractivity contribution in [3.63, 3.8) is 0 Å². The molecule has 0 radical (unpaired) electrons. The fourth-order valence-electron chi connectivity index (χ4n) is 2.17. The van der Waals surface area contributed by atoms with Crippen molar-refractivity contribution in [2.75, 3.05) is 26.7 Å². The zero-order valence-electron chi connectivity index (χ0n) is 9.57. The molecule has 1 aromatic heterocycles. The largest absolute Gasteiger partial charge is 0.341 e. The van der Waals surface area contributed by atoms with Crippen molar-refractivity contribution in [3.8, 4) is 0 Å². The lowest BCUT2D eigenvalue weighted by Gasteiger charge is -2.31. The van der Waals surface area contributed by atoms with Crippen molar-refractivity contribution in [1.29, 1.82) is 0 Å². The summed E-state index contributed by atoms with van der Waals surface area (Å²) in [6.45, 7) is 2.75. The Morgan fingerprint density at radius 3 is 2.94 bits per heavy atom. The second-order valence-corrected chi connectivity index (χ2v) is 4.26. The predicted octanol–water partition coefficient (Wildman–Crippen LogP) is 0.481. The number of hydrogen-bond donors (Lipinski definition) is 2. The van der Waals surface area contributed by atoms with Crippen LogP contribution in [0.1, 0.15) is 23.3 Å². The number of rotatable bonds is 3. The molecule has 0 bridgehead atoms. The van der Waals surface area contributed by atoms with Crippen LogP contribution in [0.3, 0.4) is 0 Å². The van der Waals surface area contributed by atoms with Gasteiger partial charge in [-0.2, -0.15) is 0 Å². The van der Waals surface area contributed by atoms with Crippen LogP contribution in [0, 0.1) is 5.92 Å². The smallest absolute Gasteiger partial charge is 0.271 e. The minimum Gasteiger partial charge on any atom is -0.341 e. The van der Waals surface area contributed by atoms with Crippen LogP contribution in [0.4, 0.5) is 0 Å². The number of carbonyl (C=O) groups excluding carboxylic acids is 1. The highest BCUT2D eigenvalue weighted by Gasteiger charge is 2.23. The van der Waals surface area contributed by atoms with E-state index in [4.69, 9.17) is 0 Å². The van der Waals surface area contributed by atoms with Gasteiger partial charge < -0.3 is 15.2 Å². The summed E-state index contributed by atoms with van der Waals surface area (Å²) < 4.78 is 0. The molecule has 2 N–H and O–H groups in total. The van der Waals surface area contributed by atoms with Crippen molar-refractivity contribution in [2.45, 2.75) is 12.8 Å². The van der Waals surface area contributed by atoms with Gasteiger partial charge in [-0.3, -0.25) is 4.79 Å². The lowest BCUT2D eigenvalue weighted by atomic mass is 9.97. The number of H-pyrrole nitrogens is 1. The third-order valence-electron chi connectivity index (χ3n) is 3.12. The quantitative estimate of drug-likeness (QED) is 0.782. The van der Waals surface area contributed by atoms with E-state index in [1.54, 1.807) is 12.5 Å². The number of aromatic amines is 1. The Morgan fingerprint density at radius 1 is 1.62 bits per heavy atom.